The molecule has 0 unspecified atom stereocenters. The lowest BCUT2D eigenvalue weighted by Gasteiger charge is -2.26. The van der Waals surface area contributed by atoms with Crippen molar-refractivity contribution in [3.05, 3.63) is 101 Å². The second-order valence-electron chi connectivity index (χ2n) is 8.21. The summed E-state index contributed by atoms with van der Waals surface area (Å²) < 4.78 is 25.2. The third-order valence-electron chi connectivity index (χ3n) is 5.14. The second kappa shape index (κ2) is 8.84. The van der Waals surface area contributed by atoms with Crippen molar-refractivity contribution < 1.29 is 13.2 Å². The van der Waals surface area contributed by atoms with Crippen LogP contribution in [0.25, 0.3) is 0 Å². The van der Waals surface area contributed by atoms with Gasteiger partial charge in [0.25, 0.3) is 5.91 Å². The van der Waals surface area contributed by atoms with E-state index in [-0.39, 0.29) is 22.0 Å². The summed E-state index contributed by atoms with van der Waals surface area (Å²) in [5.74, 6) is -0.359. The first-order valence-electron chi connectivity index (χ1n) is 9.89. The summed E-state index contributed by atoms with van der Waals surface area (Å²) in [6.45, 7) is 6.70. The van der Waals surface area contributed by atoms with Crippen molar-refractivity contribution in [1.82, 2.24) is 5.32 Å². The standard InChI is InChI=1S/C25H27NO3S/c1-19-9-7-12-22(15-19)25(2,3)18-26-24(27)21-11-8-10-20(16-21)17-30(28,29)23-13-5-4-6-14-23/h4-16H,17-18H2,1-3H3,(H,26,27). The molecule has 0 saturated carbocycles. The van der Waals surface area contributed by atoms with Crippen LogP contribution in [0.1, 0.15) is 40.9 Å². The number of sulfone groups is 1. The van der Waals surface area contributed by atoms with E-state index in [0.717, 1.165) is 5.56 Å². The highest BCUT2D eigenvalue weighted by atomic mass is 32.2. The van der Waals surface area contributed by atoms with Crippen molar-refractivity contribution >= 4 is 15.7 Å². The van der Waals surface area contributed by atoms with Crippen molar-refractivity contribution in [2.75, 3.05) is 6.54 Å². The lowest BCUT2D eigenvalue weighted by molar-refractivity contribution is 0.0945. The molecular formula is C25H27NO3S. The maximum Gasteiger partial charge on any atom is 0.251 e. The van der Waals surface area contributed by atoms with E-state index in [1.165, 1.54) is 5.56 Å². The average molecular weight is 422 g/mol. The van der Waals surface area contributed by atoms with Crippen LogP contribution in [0, 0.1) is 6.92 Å². The maximum absolute atomic E-state index is 12.7. The van der Waals surface area contributed by atoms with Crippen molar-refractivity contribution in [2.24, 2.45) is 0 Å². The zero-order valence-corrected chi connectivity index (χ0v) is 18.4. The largest absolute Gasteiger partial charge is 0.351 e. The number of aryl methyl sites for hydroxylation is 1. The van der Waals surface area contributed by atoms with Gasteiger partial charge in [0.05, 0.1) is 10.6 Å². The third-order valence-corrected chi connectivity index (χ3v) is 6.84. The van der Waals surface area contributed by atoms with Crippen LogP contribution >= 0.6 is 0 Å². The van der Waals surface area contributed by atoms with Crippen LogP contribution in [0.2, 0.25) is 0 Å². The number of hydrogen-bond acceptors (Lipinski definition) is 3. The predicted octanol–water partition coefficient (Wildman–Crippen LogP) is 4.68. The summed E-state index contributed by atoms with van der Waals surface area (Å²) in [6.07, 6.45) is 0. The summed E-state index contributed by atoms with van der Waals surface area (Å²) >= 11 is 0. The van der Waals surface area contributed by atoms with E-state index in [0.29, 0.717) is 17.7 Å². The minimum absolute atomic E-state index is 0.146. The Bertz CT molecular complexity index is 1140. The molecule has 0 spiro atoms. The Morgan fingerprint density at radius 3 is 2.30 bits per heavy atom. The van der Waals surface area contributed by atoms with Gasteiger partial charge in [-0.2, -0.15) is 0 Å². The number of carbonyl (C=O) groups is 1. The van der Waals surface area contributed by atoms with Gasteiger partial charge >= 0.3 is 0 Å². The predicted molar refractivity (Wildman–Crippen MR) is 120 cm³/mol. The lowest BCUT2D eigenvalue weighted by Crippen LogP contribution is -2.36. The zero-order chi connectivity index (χ0) is 21.8. The van der Waals surface area contributed by atoms with Crippen LogP contribution < -0.4 is 5.32 Å². The van der Waals surface area contributed by atoms with E-state index in [4.69, 9.17) is 0 Å². The Labute approximate surface area is 178 Å². The van der Waals surface area contributed by atoms with Gasteiger partial charge < -0.3 is 5.32 Å². The molecule has 1 N–H and O–H groups in total. The van der Waals surface area contributed by atoms with Gasteiger partial charge in [-0.05, 0) is 42.3 Å². The van der Waals surface area contributed by atoms with Crippen LogP contribution in [0.3, 0.4) is 0 Å². The molecule has 1 amide bonds. The molecule has 5 heteroatoms. The van der Waals surface area contributed by atoms with Crippen molar-refractivity contribution in [1.29, 1.82) is 0 Å². The molecule has 0 saturated heterocycles. The van der Waals surface area contributed by atoms with Gasteiger partial charge in [0, 0.05) is 17.5 Å². The van der Waals surface area contributed by atoms with Gasteiger partial charge in [-0.3, -0.25) is 4.79 Å². The van der Waals surface area contributed by atoms with Crippen LogP contribution in [0.5, 0.6) is 0 Å². The Balaban J connectivity index is 1.70. The van der Waals surface area contributed by atoms with Crippen molar-refractivity contribution in [2.45, 2.75) is 36.8 Å². The van der Waals surface area contributed by atoms with Gasteiger partial charge in [-0.15, -0.1) is 0 Å². The summed E-state index contributed by atoms with van der Waals surface area (Å²) in [4.78, 5) is 13.0. The molecule has 3 aromatic rings. The molecule has 0 aromatic heterocycles. The highest BCUT2D eigenvalue weighted by Gasteiger charge is 2.22. The Morgan fingerprint density at radius 2 is 1.60 bits per heavy atom. The summed E-state index contributed by atoms with van der Waals surface area (Å²) in [6, 6.07) is 23.4. The van der Waals surface area contributed by atoms with Gasteiger partial charge in [0.2, 0.25) is 0 Å². The summed E-state index contributed by atoms with van der Waals surface area (Å²) in [5, 5.41) is 2.99. The van der Waals surface area contributed by atoms with Gasteiger partial charge in [0.1, 0.15) is 0 Å². The quantitative estimate of drug-likeness (QED) is 0.603. The van der Waals surface area contributed by atoms with Gasteiger partial charge in [0.15, 0.2) is 9.84 Å². The molecule has 0 fully saturated rings. The first kappa shape index (κ1) is 21.8. The molecule has 4 nitrogen and oxygen atoms in total. The molecule has 0 aliphatic rings. The minimum atomic E-state index is -3.46. The molecule has 0 aliphatic heterocycles. The topological polar surface area (TPSA) is 63.2 Å². The fraction of sp³-hybridized carbons (Fsp3) is 0.240. The zero-order valence-electron chi connectivity index (χ0n) is 17.6. The molecule has 0 atom stereocenters. The van der Waals surface area contributed by atoms with E-state index in [1.807, 2.05) is 19.1 Å². The van der Waals surface area contributed by atoms with E-state index in [9.17, 15) is 13.2 Å². The molecule has 0 aliphatic carbocycles. The van der Waals surface area contributed by atoms with E-state index >= 15 is 0 Å². The SMILES string of the molecule is Cc1cccc(C(C)(C)CNC(=O)c2cccc(CS(=O)(=O)c3ccccc3)c2)c1. The number of nitrogens with one attached hydrogen (secondary N) is 1. The first-order valence-corrected chi connectivity index (χ1v) is 11.5. The van der Waals surface area contributed by atoms with E-state index in [1.54, 1.807) is 54.6 Å². The molecule has 156 valence electrons. The van der Waals surface area contributed by atoms with E-state index < -0.39 is 9.84 Å². The lowest BCUT2D eigenvalue weighted by atomic mass is 9.84. The number of amides is 1. The number of benzene rings is 3. The Morgan fingerprint density at radius 1 is 0.900 bits per heavy atom. The molecule has 0 heterocycles. The fourth-order valence-corrected chi connectivity index (χ4v) is 4.66. The monoisotopic (exact) mass is 421 g/mol. The fourth-order valence-electron chi connectivity index (χ4n) is 3.30. The van der Waals surface area contributed by atoms with Crippen molar-refractivity contribution in [3.63, 3.8) is 0 Å². The Hall–Kier alpha value is -2.92. The van der Waals surface area contributed by atoms with E-state index in [2.05, 4.69) is 31.3 Å². The van der Waals surface area contributed by atoms with Crippen LogP contribution in [0.4, 0.5) is 0 Å². The third kappa shape index (κ3) is 5.36. The molecule has 0 bridgehead atoms. The normalized spacial score (nSPS) is 11.8. The summed E-state index contributed by atoms with van der Waals surface area (Å²) in [5.41, 5.74) is 3.15. The smallest absolute Gasteiger partial charge is 0.251 e. The highest BCUT2D eigenvalue weighted by molar-refractivity contribution is 7.90. The molecule has 3 aromatic carbocycles. The minimum Gasteiger partial charge on any atom is -0.351 e. The van der Waals surface area contributed by atoms with Crippen LogP contribution in [-0.4, -0.2) is 20.9 Å². The van der Waals surface area contributed by atoms with Gasteiger partial charge in [-0.1, -0.05) is 74.0 Å². The Kier molecular flexibility index (Phi) is 6.42. The summed E-state index contributed by atoms with van der Waals surface area (Å²) in [7, 11) is -3.46. The van der Waals surface area contributed by atoms with Crippen LogP contribution in [0.15, 0.2) is 83.8 Å². The maximum atomic E-state index is 12.7. The van der Waals surface area contributed by atoms with Crippen LogP contribution in [-0.2, 0) is 21.0 Å². The molecular weight excluding hydrogens is 394 g/mol. The number of carbonyl (C=O) groups excluding carboxylic acids is 1. The molecule has 0 radical (unpaired) electrons. The van der Waals surface area contributed by atoms with Gasteiger partial charge in [-0.25, -0.2) is 8.42 Å². The first-order chi connectivity index (χ1) is 14.2. The van der Waals surface area contributed by atoms with Crippen molar-refractivity contribution in [3.8, 4) is 0 Å². The number of hydrogen-bond donors (Lipinski definition) is 1. The highest BCUT2D eigenvalue weighted by Crippen LogP contribution is 2.23. The average Bonchev–Trinajstić information content (AvgIpc) is 2.72. The molecule has 3 rings (SSSR count). The number of rotatable bonds is 7. The molecule has 30 heavy (non-hydrogen) atoms. The second-order valence-corrected chi connectivity index (χ2v) is 10.2.